The summed E-state index contributed by atoms with van der Waals surface area (Å²) < 4.78 is 16.2. The third-order valence-corrected chi connectivity index (χ3v) is 6.51. The minimum Gasteiger partial charge on any atom is -0.384 e. The van der Waals surface area contributed by atoms with E-state index in [4.69, 9.17) is 14.0 Å². The summed E-state index contributed by atoms with van der Waals surface area (Å²) in [6.07, 6.45) is 7.06. The molecule has 0 saturated carbocycles. The lowest BCUT2D eigenvalue weighted by atomic mass is 9.72. The Morgan fingerprint density at radius 2 is 2.14 bits per heavy atom. The molecular formula is C20H32N4O4. The molecule has 1 atom stereocenters. The number of aromatic nitrogens is 2. The standard InChI is InChI=1S/C20H32N4O4/c1-26-12-5-17-21-18(28-22-17)14-23-9-7-20(8-10-23)6-4-19(25)24(15-20)13-16-3-2-11-27-16/h16H,2-15H2,1H3/t16-/m0/s1. The van der Waals surface area contributed by atoms with Crippen LogP contribution in [0.3, 0.4) is 0 Å². The first-order valence-electron chi connectivity index (χ1n) is 10.6. The second-order valence-electron chi connectivity index (χ2n) is 8.53. The first-order chi connectivity index (χ1) is 13.7. The Balaban J connectivity index is 1.27. The van der Waals surface area contributed by atoms with Gasteiger partial charge in [0.15, 0.2) is 5.82 Å². The Kier molecular flexibility index (Phi) is 6.28. The van der Waals surface area contributed by atoms with Crippen molar-refractivity contribution in [2.45, 2.75) is 57.6 Å². The van der Waals surface area contributed by atoms with Crippen LogP contribution >= 0.6 is 0 Å². The topological polar surface area (TPSA) is 80.9 Å². The Morgan fingerprint density at radius 3 is 2.89 bits per heavy atom. The van der Waals surface area contributed by atoms with Crippen LogP contribution < -0.4 is 0 Å². The normalized spacial score (nSPS) is 25.7. The van der Waals surface area contributed by atoms with E-state index in [9.17, 15) is 4.79 Å². The van der Waals surface area contributed by atoms with E-state index in [1.54, 1.807) is 7.11 Å². The second kappa shape index (κ2) is 8.88. The zero-order valence-electron chi connectivity index (χ0n) is 16.9. The molecule has 3 aliphatic rings. The number of methoxy groups -OCH3 is 1. The van der Waals surface area contributed by atoms with Gasteiger partial charge in [0.25, 0.3) is 0 Å². The minimum atomic E-state index is 0.240. The van der Waals surface area contributed by atoms with Crippen molar-refractivity contribution in [3.8, 4) is 0 Å². The van der Waals surface area contributed by atoms with Crippen LogP contribution in [-0.2, 0) is 27.2 Å². The average Bonchev–Trinajstić information content (AvgIpc) is 3.37. The molecule has 8 nitrogen and oxygen atoms in total. The summed E-state index contributed by atoms with van der Waals surface area (Å²) in [5.41, 5.74) is 0.265. The van der Waals surface area contributed by atoms with Crippen molar-refractivity contribution in [1.29, 1.82) is 0 Å². The van der Waals surface area contributed by atoms with Crippen LogP contribution in [0, 0.1) is 5.41 Å². The largest absolute Gasteiger partial charge is 0.384 e. The fourth-order valence-corrected chi connectivity index (χ4v) is 4.74. The molecule has 8 heteroatoms. The van der Waals surface area contributed by atoms with E-state index in [2.05, 4.69) is 19.9 Å². The van der Waals surface area contributed by atoms with Crippen LogP contribution in [-0.4, -0.2) is 78.5 Å². The van der Waals surface area contributed by atoms with E-state index < -0.39 is 0 Å². The van der Waals surface area contributed by atoms with Crippen LogP contribution in [0.15, 0.2) is 4.52 Å². The maximum Gasteiger partial charge on any atom is 0.240 e. The van der Waals surface area contributed by atoms with Crippen molar-refractivity contribution in [2.75, 3.05) is 46.5 Å². The lowest BCUT2D eigenvalue weighted by molar-refractivity contribution is -0.141. The van der Waals surface area contributed by atoms with Gasteiger partial charge in [0.1, 0.15) is 0 Å². The summed E-state index contributed by atoms with van der Waals surface area (Å²) in [7, 11) is 1.67. The van der Waals surface area contributed by atoms with Gasteiger partial charge in [-0.2, -0.15) is 4.98 Å². The van der Waals surface area contributed by atoms with Crippen molar-refractivity contribution in [3.63, 3.8) is 0 Å². The lowest BCUT2D eigenvalue weighted by Crippen LogP contribution is -2.52. The number of piperidine rings is 2. The number of ether oxygens (including phenoxy) is 2. The van der Waals surface area contributed by atoms with Crippen molar-refractivity contribution in [2.24, 2.45) is 5.41 Å². The molecule has 0 aromatic carbocycles. The van der Waals surface area contributed by atoms with E-state index in [1.165, 1.54) is 0 Å². The number of amides is 1. The summed E-state index contributed by atoms with van der Waals surface area (Å²) in [6, 6.07) is 0. The van der Waals surface area contributed by atoms with Gasteiger partial charge in [0.05, 0.1) is 19.3 Å². The number of likely N-dealkylation sites (tertiary alicyclic amines) is 2. The summed E-state index contributed by atoms with van der Waals surface area (Å²) in [6.45, 7) is 5.84. The molecule has 4 rings (SSSR count). The SMILES string of the molecule is COCCc1noc(CN2CCC3(CCC(=O)N(C[C@@H]4CCCO4)C3)CC2)n1. The van der Waals surface area contributed by atoms with Gasteiger partial charge in [-0.1, -0.05) is 5.16 Å². The smallest absolute Gasteiger partial charge is 0.240 e. The Morgan fingerprint density at radius 1 is 1.29 bits per heavy atom. The van der Waals surface area contributed by atoms with Gasteiger partial charge < -0.3 is 18.9 Å². The molecule has 1 aromatic heterocycles. The first kappa shape index (κ1) is 19.8. The van der Waals surface area contributed by atoms with Crippen molar-refractivity contribution in [1.82, 2.24) is 19.9 Å². The number of hydrogen-bond acceptors (Lipinski definition) is 7. The van der Waals surface area contributed by atoms with Crippen LogP contribution in [0.1, 0.15) is 50.2 Å². The van der Waals surface area contributed by atoms with E-state index in [0.717, 1.165) is 64.9 Å². The molecule has 1 aromatic rings. The van der Waals surface area contributed by atoms with Crippen LogP contribution in [0.25, 0.3) is 0 Å². The number of hydrogen-bond donors (Lipinski definition) is 0. The highest BCUT2D eigenvalue weighted by molar-refractivity contribution is 5.77. The maximum atomic E-state index is 12.4. The highest BCUT2D eigenvalue weighted by Gasteiger charge is 2.41. The number of rotatable bonds is 7. The van der Waals surface area contributed by atoms with Gasteiger partial charge in [-0.15, -0.1) is 0 Å². The molecule has 3 saturated heterocycles. The molecule has 0 radical (unpaired) electrons. The fourth-order valence-electron chi connectivity index (χ4n) is 4.74. The van der Waals surface area contributed by atoms with Gasteiger partial charge in [0.2, 0.25) is 11.8 Å². The number of carbonyl (C=O) groups excluding carboxylic acids is 1. The summed E-state index contributed by atoms with van der Waals surface area (Å²) >= 11 is 0. The predicted molar refractivity (Wildman–Crippen MR) is 102 cm³/mol. The van der Waals surface area contributed by atoms with Gasteiger partial charge in [-0.25, -0.2) is 0 Å². The molecule has 4 heterocycles. The van der Waals surface area contributed by atoms with Gasteiger partial charge in [-0.3, -0.25) is 9.69 Å². The second-order valence-corrected chi connectivity index (χ2v) is 8.53. The van der Waals surface area contributed by atoms with Crippen molar-refractivity contribution < 1.29 is 18.8 Å². The Bertz CT molecular complexity index is 650. The molecule has 0 N–H and O–H groups in total. The third-order valence-electron chi connectivity index (χ3n) is 6.51. The zero-order valence-corrected chi connectivity index (χ0v) is 16.9. The van der Waals surface area contributed by atoms with Gasteiger partial charge in [0, 0.05) is 39.6 Å². The van der Waals surface area contributed by atoms with Gasteiger partial charge >= 0.3 is 0 Å². The molecule has 28 heavy (non-hydrogen) atoms. The molecule has 0 aliphatic carbocycles. The summed E-state index contributed by atoms with van der Waals surface area (Å²) in [5.74, 6) is 1.69. The Labute approximate surface area is 166 Å². The molecule has 3 fully saturated rings. The highest BCUT2D eigenvalue weighted by atomic mass is 16.5. The molecule has 0 bridgehead atoms. The summed E-state index contributed by atoms with van der Waals surface area (Å²) in [4.78, 5) is 21.3. The average molecular weight is 393 g/mol. The van der Waals surface area contributed by atoms with E-state index >= 15 is 0 Å². The molecule has 3 aliphatic heterocycles. The molecule has 1 spiro atoms. The molecular weight excluding hydrogens is 360 g/mol. The van der Waals surface area contributed by atoms with E-state index in [1.807, 2.05) is 0 Å². The zero-order chi connectivity index (χ0) is 19.4. The van der Waals surface area contributed by atoms with Crippen molar-refractivity contribution >= 4 is 5.91 Å². The molecule has 156 valence electrons. The molecule has 1 amide bonds. The quantitative estimate of drug-likeness (QED) is 0.698. The number of nitrogens with zero attached hydrogens (tertiary/aromatic N) is 4. The fraction of sp³-hybridized carbons (Fsp3) is 0.850. The van der Waals surface area contributed by atoms with Crippen LogP contribution in [0.5, 0.6) is 0 Å². The van der Waals surface area contributed by atoms with Gasteiger partial charge in [-0.05, 0) is 50.6 Å². The van der Waals surface area contributed by atoms with Crippen molar-refractivity contribution in [3.05, 3.63) is 11.7 Å². The lowest BCUT2D eigenvalue weighted by Gasteiger charge is -2.47. The maximum absolute atomic E-state index is 12.4. The summed E-state index contributed by atoms with van der Waals surface area (Å²) in [5, 5.41) is 4.02. The highest BCUT2D eigenvalue weighted by Crippen LogP contribution is 2.40. The molecule has 0 unspecified atom stereocenters. The first-order valence-corrected chi connectivity index (χ1v) is 10.6. The van der Waals surface area contributed by atoms with E-state index in [0.29, 0.717) is 43.6 Å². The minimum absolute atomic E-state index is 0.240. The Hall–Kier alpha value is -1.51. The van der Waals surface area contributed by atoms with Crippen LogP contribution in [0.4, 0.5) is 0 Å². The monoisotopic (exact) mass is 392 g/mol. The predicted octanol–water partition coefficient (Wildman–Crippen LogP) is 1.64. The van der Waals surface area contributed by atoms with Crippen LogP contribution in [0.2, 0.25) is 0 Å². The number of carbonyl (C=O) groups is 1. The van der Waals surface area contributed by atoms with E-state index in [-0.39, 0.29) is 11.5 Å². The third kappa shape index (κ3) is 4.72.